The standard InChI is InChI=1S/C23H21ClN4O6S/c1-16-6-9-20(10-7-16)35(32,33)27(18-8-11-22(34-2)21(24)13-18)15-23(29)26-25-14-17-4-3-5-19(12-17)28(30)31/h3-14H,15H2,1-2H3,(H,26,29)/b25-14-. The smallest absolute Gasteiger partial charge is 0.270 e. The molecule has 0 saturated carbocycles. The molecule has 0 radical (unpaired) electrons. The molecule has 0 fully saturated rings. The number of sulfonamides is 1. The van der Waals surface area contributed by atoms with Gasteiger partial charge in [-0.3, -0.25) is 19.2 Å². The molecule has 10 nitrogen and oxygen atoms in total. The molecule has 0 aromatic heterocycles. The van der Waals surface area contributed by atoms with Crippen molar-refractivity contribution in [3.63, 3.8) is 0 Å². The Morgan fingerprint density at radius 1 is 1.17 bits per heavy atom. The summed E-state index contributed by atoms with van der Waals surface area (Å²) in [6.07, 6.45) is 1.22. The number of methoxy groups -OCH3 is 1. The maximum absolute atomic E-state index is 13.4. The summed E-state index contributed by atoms with van der Waals surface area (Å²) in [5, 5.41) is 14.8. The van der Waals surface area contributed by atoms with Crippen LogP contribution in [0.4, 0.5) is 11.4 Å². The summed E-state index contributed by atoms with van der Waals surface area (Å²) in [5.74, 6) is -0.400. The van der Waals surface area contributed by atoms with Crippen LogP contribution < -0.4 is 14.5 Å². The number of carbonyl (C=O) groups excluding carboxylic acids is 1. The zero-order valence-corrected chi connectivity index (χ0v) is 20.3. The highest BCUT2D eigenvalue weighted by atomic mass is 35.5. The molecule has 1 N–H and O–H groups in total. The molecule has 182 valence electrons. The van der Waals surface area contributed by atoms with Crippen LogP contribution in [0.25, 0.3) is 0 Å². The molecule has 0 aliphatic carbocycles. The average Bonchev–Trinajstić information content (AvgIpc) is 2.83. The Labute approximate surface area is 207 Å². The fourth-order valence-electron chi connectivity index (χ4n) is 3.03. The van der Waals surface area contributed by atoms with Gasteiger partial charge in [0.15, 0.2) is 0 Å². The molecule has 1 amide bonds. The van der Waals surface area contributed by atoms with Gasteiger partial charge in [-0.1, -0.05) is 41.4 Å². The van der Waals surface area contributed by atoms with Crippen molar-refractivity contribution in [3.05, 3.63) is 93.0 Å². The number of nitro groups is 1. The van der Waals surface area contributed by atoms with E-state index >= 15 is 0 Å². The molecular formula is C23H21ClN4O6S. The van der Waals surface area contributed by atoms with Crippen LogP contribution in [0.1, 0.15) is 11.1 Å². The predicted molar refractivity (Wildman–Crippen MR) is 133 cm³/mol. The molecule has 35 heavy (non-hydrogen) atoms. The number of non-ortho nitro benzene ring substituents is 1. The molecule has 0 aliphatic heterocycles. The lowest BCUT2D eigenvalue weighted by Gasteiger charge is -2.24. The molecule has 0 heterocycles. The number of benzene rings is 3. The topological polar surface area (TPSA) is 131 Å². The summed E-state index contributed by atoms with van der Waals surface area (Å²) < 4.78 is 32.8. The lowest BCUT2D eigenvalue weighted by molar-refractivity contribution is -0.384. The predicted octanol–water partition coefficient (Wildman–Crippen LogP) is 3.91. The molecule has 3 rings (SSSR count). The van der Waals surface area contributed by atoms with Crippen molar-refractivity contribution in [2.75, 3.05) is 18.0 Å². The summed E-state index contributed by atoms with van der Waals surface area (Å²) in [7, 11) is -2.72. The van der Waals surface area contributed by atoms with Crippen LogP contribution >= 0.6 is 11.6 Å². The number of nitro benzene ring substituents is 1. The second kappa shape index (κ2) is 11.0. The van der Waals surface area contributed by atoms with Gasteiger partial charge in [0.1, 0.15) is 12.3 Å². The number of hydrazone groups is 1. The molecule has 0 atom stereocenters. The summed E-state index contributed by atoms with van der Waals surface area (Å²) in [6, 6.07) is 16.2. The van der Waals surface area contributed by atoms with Crippen molar-refractivity contribution in [3.8, 4) is 5.75 Å². The first-order valence-corrected chi connectivity index (χ1v) is 11.9. The Balaban J connectivity index is 1.87. The molecule has 0 bridgehead atoms. The van der Waals surface area contributed by atoms with Crippen LogP contribution in [-0.2, 0) is 14.8 Å². The molecule has 0 spiro atoms. The van der Waals surface area contributed by atoms with E-state index in [4.69, 9.17) is 16.3 Å². The van der Waals surface area contributed by atoms with E-state index in [0.717, 1.165) is 9.87 Å². The van der Waals surface area contributed by atoms with E-state index in [1.807, 2.05) is 6.92 Å². The van der Waals surface area contributed by atoms with Crippen LogP contribution in [0.3, 0.4) is 0 Å². The number of nitrogens with zero attached hydrogens (tertiary/aromatic N) is 3. The van der Waals surface area contributed by atoms with Crippen LogP contribution in [0, 0.1) is 17.0 Å². The largest absolute Gasteiger partial charge is 0.495 e. The second-order valence-corrected chi connectivity index (χ2v) is 9.56. The van der Waals surface area contributed by atoms with Gasteiger partial charge in [-0.25, -0.2) is 13.8 Å². The van der Waals surface area contributed by atoms with Gasteiger partial charge in [0.2, 0.25) is 0 Å². The number of carbonyl (C=O) groups is 1. The van der Waals surface area contributed by atoms with E-state index in [9.17, 15) is 23.3 Å². The van der Waals surface area contributed by atoms with Crippen molar-refractivity contribution < 1.29 is 22.9 Å². The minimum atomic E-state index is -4.15. The first-order chi connectivity index (χ1) is 16.6. The van der Waals surface area contributed by atoms with Crippen LogP contribution in [0.5, 0.6) is 5.75 Å². The van der Waals surface area contributed by atoms with E-state index < -0.39 is 27.4 Å². The Kier molecular flexibility index (Phi) is 8.05. The van der Waals surface area contributed by atoms with Gasteiger partial charge >= 0.3 is 0 Å². The van der Waals surface area contributed by atoms with E-state index in [1.165, 1.54) is 61.9 Å². The van der Waals surface area contributed by atoms with Gasteiger partial charge in [-0.2, -0.15) is 5.10 Å². The lowest BCUT2D eigenvalue weighted by Crippen LogP contribution is -2.39. The summed E-state index contributed by atoms with van der Waals surface area (Å²) >= 11 is 6.19. The molecule has 0 saturated heterocycles. The Hall–Kier alpha value is -3.96. The van der Waals surface area contributed by atoms with E-state index in [-0.39, 0.29) is 21.3 Å². The first kappa shape index (κ1) is 25.7. The van der Waals surface area contributed by atoms with E-state index in [1.54, 1.807) is 18.2 Å². The van der Waals surface area contributed by atoms with E-state index in [2.05, 4.69) is 10.5 Å². The number of hydrogen-bond donors (Lipinski definition) is 1. The summed E-state index contributed by atoms with van der Waals surface area (Å²) in [5.41, 5.74) is 3.51. The molecule has 3 aromatic carbocycles. The Morgan fingerprint density at radius 3 is 2.51 bits per heavy atom. The highest BCUT2D eigenvalue weighted by Gasteiger charge is 2.27. The van der Waals surface area contributed by atoms with Crippen molar-refractivity contribution in [2.24, 2.45) is 5.10 Å². The second-order valence-electron chi connectivity index (χ2n) is 7.29. The number of hydrogen-bond acceptors (Lipinski definition) is 7. The molecule has 0 unspecified atom stereocenters. The van der Waals surface area contributed by atoms with Gasteiger partial charge < -0.3 is 4.74 Å². The number of aryl methyl sites for hydroxylation is 1. The third kappa shape index (κ3) is 6.34. The molecular weight excluding hydrogens is 496 g/mol. The zero-order valence-electron chi connectivity index (χ0n) is 18.7. The minimum absolute atomic E-state index is 0.0112. The monoisotopic (exact) mass is 516 g/mol. The normalized spacial score (nSPS) is 11.3. The number of anilines is 1. The maximum Gasteiger partial charge on any atom is 0.270 e. The quantitative estimate of drug-likeness (QED) is 0.260. The Bertz CT molecular complexity index is 1380. The van der Waals surface area contributed by atoms with Gasteiger partial charge in [0.25, 0.3) is 21.6 Å². The van der Waals surface area contributed by atoms with Crippen molar-refractivity contribution in [1.29, 1.82) is 0 Å². The first-order valence-electron chi connectivity index (χ1n) is 10.1. The number of amides is 1. The van der Waals surface area contributed by atoms with Gasteiger partial charge in [0.05, 0.1) is 33.9 Å². The fourth-order valence-corrected chi connectivity index (χ4v) is 4.69. The molecule has 12 heteroatoms. The van der Waals surface area contributed by atoms with Gasteiger partial charge in [0, 0.05) is 17.7 Å². The zero-order chi connectivity index (χ0) is 25.6. The van der Waals surface area contributed by atoms with Gasteiger partial charge in [-0.05, 0) is 37.3 Å². The molecule has 0 aliphatic rings. The SMILES string of the molecule is COc1ccc(N(CC(=O)N/N=C\c2cccc([N+](=O)[O-])c2)S(=O)(=O)c2ccc(C)cc2)cc1Cl. The average molecular weight is 517 g/mol. The third-order valence-electron chi connectivity index (χ3n) is 4.80. The highest BCUT2D eigenvalue weighted by Crippen LogP contribution is 2.32. The van der Waals surface area contributed by atoms with Crippen molar-refractivity contribution in [2.45, 2.75) is 11.8 Å². The number of halogens is 1. The van der Waals surface area contributed by atoms with Crippen LogP contribution in [-0.4, -0.2) is 39.1 Å². The van der Waals surface area contributed by atoms with Crippen molar-refractivity contribution in [1.82, 2.24) is 5.43 Å². The van der Waals surface area contributed by atoms with Crippen LogP contribution in [0.2, 0.25) is 5.02 Å². The minimum Gasteiger partial charge on any atom is -0.495 e. The maximum atomic E-state index is 13.4. The Morgan fingerprint density at radius 2 is 1.89 bits per heavy atom. The number of ether oxygens (including phenoxy) is 1. The number of nitrogens with one attached hydrogen (secondary N) is 1. The summed E-state index contributed by atoms with van der Waals surface area (Å²) in [4.78, 5) is 23.0. The van der Waals surface area contributed by atoms with Crippen LogP contribution in [0.15, 0.2) is 76.7 Å². The fraction of sp³-hybridized carbons (Fsp3) is 0.130. The highest BCUT2D eigenvalue weighted by molar-refractivity contribution is 7.92. The summed E-state index contributed by atoms with van der Waals surface area (Å²) in [6.45, 7) is 1.22. The molecule has 3 aromatic rings. The third-order valence-corrected chi connectivity index (χ3v) is 6.89. The lowest BCUT2D eigenvalue weighted by atomic mass is 10.2. The number of rotatable bonds is 9. The van der Waals surface area contributed by atoms with Crippen molar-refractivity contribution >= 4 is 45.1 Å². The van der Waals surface area contributed by atoms with Gasteiger partial charge in [-0.15, -0.1) is 0 Å². The van der Waals surface area contributed by atoms with E-state index in [0.29, 0.717) is 11.3 Å².